The molecule has 0 aliphatic heterocycles. The van der Waals surface area contributed by atoms with Crippen molar-refractivity contribution in [1.29, 1.82) is 0 Å². The van der Waals surface area contributed by atoms with Crippen molar-refractivity contribution in [2.24, 2.45) is 0 Å². The van der Waals surface area contributed by atoms with Gasteiger partial charge >= 0.3 is 0 Å². The maximum atomic E-state index is 14.0. The van der Waals surface area contributed by atoms with Crippen LogP contribution in [-0.2, 0) is 11.2 Å². The van der Waals surface area contributed by atoms with Gasteiger partial charge in [0.25, 0.3) is 0 Å². The molecule has 7 heteroatoms. The molecule has 2 aromatic carbocycles. The number of aromatic nitrogens is 1. The van der Waals surface area contributed by atoms with Crippen LogP contribution in [0.1, 0.15) is 5.56 Å². The standard InChI is InChI=1S/C19H19F2N3OS/c1-23(2)10-11-24(17(25)12-13-6-8-14(20)9-7-13)19-22-18-15(21)4-3-5-16(18)26-19/h3-9H,10-12H2,1-2H3/p+1. The van der Waals surface area contributed by atoms with Crippen LogP contribution >= 0.6 is 11.3 Å². The van der Waals surface area contributed by atoms with Crippen molar-refractivity contribution in [2.45, 2.75) is 6.42 Å². The Kier molecular flexibility index (Phi) is 5.58. The molecule has 26 heavy (non-hydrogen) atoms. The number of carbonyl (C=O) groups is 1. The molecule has 0 aliphatic rings. The molecule has 136 valence electrons. The van der Waals surface area contributed by atoms with Gasteiger partial charge < -0.3 is 4.90 Å². The summed E-state index contributed by atoms with van der Waals surface area (Å²) < 4.78 is 27.7. The van der Waals surface area contributed by atoms with Gasteiger partial charge in [0.15, 0.2) is 5.13 Å². The van der Waals surface area contributed by atoms with Crippen molar-refractivity contribution < 1.29 is 18.5 Å². The zero-order chi connectivity index (χ0) is 18.7. The Morgan fingerprint density at radius 1 is 1.15 bits per heavy atom. The lowest BCUT2D eigenvalue weighted by molar-refractivity contribution is -0.856. The Morgan fingerprint density at radius 3 is 2.54 bits per heavy atom. The number of hydrogen-bond donors (Lipinski definition) is 1. The van der Waals surface area contributed by atoms with E-state index in [4.69, 9.17) is 0 Å². The van der Waals surface area contributed by atoms with Gasteiger partial charge in [-0.25, -0.2) is 13.8 Å². The van der Waals surface area contributed by atoms with E-state index in [2.05, 4.69) is 4.98 Å². The highest BCUT2D eigenvalue weighted by Gasteiger charge is 2.21. The van der Waals surface area contributed by atoms with Crippen LogP contribution in [0, 0.1) is 11.6 Å². The summed E-state index contributed by atoms with van der Waals surface area (Å²) in [5.41, 5.74) is 1.01. The summed E-state index contributed by atoms with van der Waals surface area (Å²) >= 11 is 1.30. The lowest BCUT2D eigenvalue weighted by Crippen LogP contribution is -3.06. The molecule has 3 rings (SSSR count). The SMILES string of the molecule is C[NH+](C)CCN(C(=O)Cc1ccc(F)cc1)c1nc2c(F)cccc2s1. The van der Waals surface area contributed by atoms with Crippen LogP contribution in [0.25, 0.3) is 10.2 Å². The van der Waals surface area contributed by atoms with Gasteiger partial charge in [-0.3, -0.25) is 9.69 Å². The number of para-hydroxylation sites is 1. The molecule has 0 fully saturated rings. The Hall–Kier alpha value is -2.38. The monoisotopic (exact) mass is 376 g/mol. The highest BCUT2D eigenvalue weighted by molar-refractivity contribution is 7.22. The van der Waals surface area contributed by atoms with Gasteiger partial charge in [-0.2, -0.15) is 0 Å². The summed E-state index contributed by atoms with van der Waals surface area (Å²) in [4.78, 5) is 20.0. The first-order valence-electron chi connectivity index (χ1n) is 8.33. The Morgan fingerprint density at radius 2 is 1.88 bits per heavy atom. The largest absolute Gasteiger partial charge is 0.338 e. The molecule has 3 aromatic rings. The molecule has 1 amide bonds. The van der Waals surface area contributed by atoms with Gasteiger partial charge in [-0.1, -0.05) is 29.5 Å². The van der Waals surface area contributed by atoms with Crippen molar-refractivity contribution in [2.75, 3.05) is 32.1 Å². The number of amides is 1. The minimum Gasteiger partial charge on any atom is -0.338 e. The number of nitrogens with zero attached hydrogens (tertiary/aromatic N) is 2. The number of hydrogen-bond acceptors (Lipinski definition) is 3. The summed E-state index contributed by atoms with van der Waals surface area (Å²) in [6.07, 6.45) is 0.140. The molecule has 0 saturated heterocycles. The predicted octanol–water partition coefficient (Wildman–Crippen LogP) is 2.29. The smallest absolute Gasteiger partial charge is 0.233 e. The number of likely N-dealkylation sites (N-methyl/N-ethyl adjacent to an activating group) is 1. The number of anilines is 1. The van der Waals surface area contributed by atoms with Gasteiger partial charge in [-0.15, -0.1) is 0 Å². The molecule has 0 saturated carbocycles. The molecule has 0 atom stereocenters. The van der Waals surface area contributed by atoms with Gasteiger partial charge in [0.05, 0.1) is 38.3 Å². The Balaban J connectivity index is 1.88. The molecular weight excluding hydrogens is 356 g/mol. The van der Waals surface area contributed by atoms with E-state index in [0.717, 1.165) is 12.1 Å². The summed E-state index contributed by atoms with van der Waals surface area (Å²) in [5, 5.41) is 0.485. The van der Waals surface area contributed by atoms with Gasteiger partial charge in [0.2, 0.25) is 5.91 Å². The van der Waals surface area contributed by atoms with E-state index >= 15 is 0 Å². The van der Waals surface area contributed by atoms with Crippen LogP contribution in [0.3, 0.4) is 0 Å². The number of rotatable bonds is 6. The first kappa shape index (κ1) is 18.4. The van der Waals surface area contributed by atoms with Crippen LogP contribution < -0.4 is 9.80 Å². The quantitative estimate of drug-likeness (QED) is 0.717. The fourth-order valence-electron chi connectivity index (χ4n) is 2.55. The van der Waals surface area contributed by atoms with Crippen LogP contribution in [-0.4, -0.2) is 38.1 Å². The van der Waals surface area contributed by atoms with Crippen LogP contribution in [0.4, 0.5) is 13.9 Å². The maximum Gasteiger partial charge on any atom is 0.233 e. The second-order valence-electron chi connectivity index (χ2n) is 6.39. The third-order valence-electron chi connectivity index (χ3n) is 3.99. The summed E-state index contributed by atoms with van der Waals surface area (Å²) in [5.74, 6) is -0.873. The van der Waals surface area contributed by atoms with Crippen molar-refractivity contribution in [3.05, 3.63) is 59.7 Å². The topological polar surface area (TPSA) is 37.6 Å². The zero-order valence-electron chi connectivity index (χ0n) is 14.6. The Labute approximate surface area is 154 Å². The molecule has 1 aromatic heterocycles. The normalized spacial score (nSPS) is 11.3. The highest BCUT2D eigenvalue weighted by Crippen LogP contribution is 2.30. The van der Waals surface area contributed by atoms with Crippen LogP contribution in [0.15, 0.2) is 42.5 Å². The highest BCUT2D eigenvalue weighted by atomic mass is 32.1. The van der Waals surface area contributed by atoms with E-state index in [9.17, 15) is 13.6 Å². The predicted molar refractivity (Wildman–Crippen MR) is 99.7 cm³/mol. The second kappa shape index (κ2) is 7.88. The molecule has 0 spiro atoms. The fraction of sp³-hybridized carbons (Fsp3) is 0.263. The lowest BCUT2D eigenvalue weighted by Gasteiger charge is -2.20. The zero-order valence-corrected chi connectivity index (χ0v) is 15.4. The summed E-state index contributed by atoms with van der Waals surface area (Å²) in [6.45, 7) is 1.21. The summed E-state index contributed by atoms with van der Waals surface area (Å²) in [7, 11) is 4.00. The second-order valence-corrected chi connectivity index (χ2v) is 7.40. The number of fused-ring (bicyclic) bond motifs is 1. The maximum absolute atomic E-state index is 14.0. The molecule has 0 radical (unpaired) electrons. The third-order valence-corrected chi connectivity index (χ3v) is 5.04. The minimum atomic E-state index is -0.394. The average molecular weight is 376 g/mol. The molecular formula is C19H20F2N3OS+. The molecule has 0 bridgehead atoms. The van der Waals surface area contributed by atoms with Crippen molar-refractivity contribution in [3.63, 3.8) is 0 Å². The average Bonchev–Trinajstić information content (AvgIpc) is 3.02. The van der Waals surface area contributed by atoms with E-state index in [1.54, 1.807) is 29.2 Å². The van der Waals surface area contributed by atoms with Gasteiger partial charge in [0, 0.05) is 0 Å². The minimum absolute atomic E-state index is 0.140. The van der Waals surface area contributed by atoms with E-state index in [1.807, 2.05) is 14.1 Å². The number of thiazole rings is 1. The van der Waals surface area contributed by atoms with Gasteiger partial charge in [-0.05, 0) is 29.8 Å². The number of carbonyl (C=O) groups excluding carboxylic acids is 1. The molecule has 1 heterocycles. The third kappa shape index (κ3) is 4.23. The molecule has 0 aliphatic carbocycles. The molecule has 1 N–H and O–H groups in total. The fourth-order valence-corrected chi connectivity index (χ4v) is 3.58. The number of halogens is 2. The lowest BCUT2D eigenvalue weighted by atomic mass is 10.1. The van der Waals surface area contributed by atoms with E-state index in [0.29, 0.717) is 16.4 Å². The molecule has 0 unspecified atom stereocenters. The van der Waals surface area contributed by atoms with E-state index in [1.165, 1.54) is 34.4 Å². The van der Waals surface area contributed by atoms with Crippen LogP contribution in [0.2, 0.25) is 0 Å². The van der Waals surface area contributed by atoms with Gasteiger partial charge in [0.1, 0.15) is 17.2 Å². The van der Waals surface area contributed by atoms with Crippen LogP contribution in [0.5, 0.6) is 0 Å². The van der Waals surface area contributed by atoms with E-state index in [-0.39, 0.29) is 23.7 Å². The van der Waals surface area contributed by atoms with Crippen molar-refractivity contribution in [1.82, 2.24) is 4.98 Å². The van der Waals surface area contributed by atoms with Crippen molar-refractivity contribution in [3.8, 4) is 0 Å². The number of nitrogens with one attached hydrogen (secondary N) is 1. The molecule has 4 nitrogen and oxygen atoms in total. The number of quaternary nitrogens is 1. The summed E-state index contributed by atoms with van der Waals surface area (Å²) in [6, 6.07) is 10.7. The first-order chi connectivity index (χ1) is 12.4. The number of benzene rings is 2. The first-order valence-corrected chi connectivity index (χ1v) is 9.14. The van der Waals surface area contributed by atoms with Crippen molar-refractivity contribution >= 4 is 32.6 Å². The Bertz CT molecular complexity index is 909. The van der Waals surface area contributed by atoms with E-state index < -0.39 is 5.82 Å².